The van der Waals surface area contributed by atoms with Gasteiger partial charge in [0.1, 0.15) is 0 Å². The number of rotatable bonds is 3. The molecule has 0 aromatic heterocycles. The third-order valence-electron chi connectivity index (χ3n) is 1.20. The van der Waals surface area contributed by atoms with Crippen molar-refractivity contribution >= 4 is 19.8 Å². The van der Waals surface area contributed by atoms with Crippen LogP contribution < -0.4 is 0 Å². The molecule has 2 N–H and O–H groups in total. The van der Waals surface area contributed by atoms with E-state index in [0.29, 0.717) is 0 Å². The van der Waals surface area contributed by atoms with E-state index in [-0.39, 0.29) is 5.48 Å². The zero-order chi connectivity index (χ0) is 5.70. The van der Waals surface area contributed by atoms with Crippen LogP contribution in [-0.4, -0.2) is 25.2 Å². The van der Waals surface area contributed by atoms with E-state index in [1.165, 1.54) is 8.87 Å². The van der Waals surface area contributed by atoms with Crippen molar-refractivity contribution in [2.45, 2.75) is 22.7 Å². The Labute approximate surface area is 58.8 Å². The minimum Gasteiger partial charge on any atom is -0.412 e. The molecule has 0 amide bonds. The van der Waals surface area contributed by atoms with Crippen LogP contribution in [0.5, 0.6) is 0 Å². The second-order valence-corrected chi connectivity index (χ2v) is 10.5. The van der Waals surface area contributed by atoms with Crippen LogP contribution in [-0.2, 0) is 0 Å². The van der Waals surface area contributed by atoms with E-state index in [2.05, 4.69) is 24.5 Å². The molecule has 1 radical (unpaired) electrons. The Balaban J connectivity index is 0. The first kappa shape index (κ1) is 11.3. The van der Waals surface area contributed by atoms with E-state index in [9.17, 15) is 0 Å². The predicted octanol–water partition coefficient (Wildman–Crippen LogP) is 1.42. The minimum atomic E-state index is -0.889. The summed E-state index contributed by atoms with van der Waals surface area (Å²) in [4.78, 5) is 0. The first-order chi connectivity index (χ1) is 3.35. The minimum absolute atomic E-state index is 0. The van der Waals surface area contributed by atoms with Gasteiger partial charge in [0.2, 0.25) is 0 Å². The van der Waals surface area contributed by atoms with Crippen LogP contribution >= 0.6 is 0 Å². The fourth-order valence-electron chi connectivity index (χ4n) is 0.539. The van der Waals surface area contributed by atoms with Gasteiger partial charge in [-0.2, -0.15) is 0 Å². The summed E-state index contributed by atoms with van der Waals surface area (Å²) in [5.74, 6) is 0. The maximum Gasteiger partial charge on any atom is -0.412 e. The summed E-state index contributed by atoms with van der Waals surface area (Å²) in [6.45, 7) is 8.35. The third kappa shape index (κ3) is 4.65. The van der Waals surface area contributed by atoms with Gasteiger partial charge in [-0.15, -0.1) is 0 Å². The SMILES string of the molecule is C=[CH][Sn]([CH2]C)[CH2]C.O. The van der Waals surface area contributed by atoms with Gasteiger partial charge in [0.05, 0.1) is 0 Å². The van der Waals surface area contributed by atoms with Crippen molar-refractivity contribution in [3.05, 3.63) is 10.7 Å². The second-order valence-electron chi connectivity index (χ2n) is 1.57. The van der Waals surface area contributed by atoms with E-state index in [1.807, 2.05) is 0 Å². The van der Waals surface area contributed by atoms with Crippen molar-refractivity contribution in [3.8, 4) is 0 Å². The van der Waals surface area contributed by atoms with Crippen molar-refractivity contribution in [1.29, 1.82) is 0 Å². The predicted molar refractivity (Wildman–Crippen MR) is 40.5 cm³/mol. The van der Waals surface area contributed by atoms with Crippen LogP contribution in [0.1, 0.15) is 13.8 Å². The van der Waals surface area contributed by atoms with Crippen LogP contribution in [0.15, 0.2) is 10.7 Å². The first-order valence-electron chi connectivity index (χ1n) is 2.82. The monoisotopic (exact) mass is 223 g/mol. The van der Waals surface area contributed by atoms with Crippen molar-refractivity contribution in [3.63, 3.8) is 0 Å². The van der Waals surface area contributed by atoms with Gasteiger partial charge in [0.15, 0.2) is 0 Å². The Kier molecular flexibility index (Phi) is 10.6. The van der Waals surface area contributed by atoms with E-state index >= 15 is 0 Å². The molecular formula is C6H15OSn. The second kappa shape index (κ2) is 7.50. The van der Waals surface area contributed by atoms with Crippen LogP contribution in [0.4, 0.5) is 0 Å². The van der Waals surface area contributed by atoms with Gasteiger partial charge >= 0.3 is 53.2 Å². The Morgan fingerprint density at radius 2 is 1.75 bits per heavy atom. The Morgan fingerprint density at radius 1 is 1.38 bits per heavy atom. The van der Waals surface area contributed by atoms with Crippen molar-refractivity contribution in [1.82, 2.24) is 0 Å². The smallest absolute Gasteiger partial charge is 0.412 e. The molecule has 2 heteroatoms. The van der Waals surface area contributed by atoms with Crippen LogP contribution in [0.3, 0.4) is 0 Å². The molecule has 49 valence electrons. The standard InChI is InChI=1S/2C2H5.C2H3.H2O.Sn/c3*1-2;;/h2*1H2,2H3;1H,2H2;1H2;. The number of hydrogen-bond donors (Lipinski definition) is 0. The van der Waals surface area contributed by atoms with Crippen LogP contribution in [0.25, 0.3) is 0 Å². The maximum atomic E-state index is 3.79. The summed E-state index contributed by atoms with van der Waals surface area (Å²) in [6, 6.07) is 0. The van der Waals surface area contributed by atoms with Gasteiger partial charge in [-0.1, -0.05) is 0 Å². The van der Waals surface area contributed by atoms with Crippen molar-refractivity contribution < 1.29 is 5.48 Å². The van der Waals surface area contributed by atoms with Gasteiger partial charge in [-0.25, -0.2) is 0 Å². The molecule has 0 fully saturated rings. The quantitative estimate of drug-likeness (QED) is 0.646. The maximum absolute atomic E-state index is 3.79. The molecule has 0 aliphatic carbocycles. The van der Waals surface area contributed by atoms with Gasteiger partial charge in [0.25, 0.3) is 0 Å². The molecule has 0 aromatic rings. The van der Waals surface area contributed by atoms with Crippen LogP contribution in [0, 0.1) is 0 Å². The summed E-state index contributed by atoms with van der Waals surface area (Å²) in [7, 11) is 0. The topological polar surface area (TPSA) is 31.5 Å². The molecule has 0 saturated carbocycles. The van der Waals surface area contributed by atoms with E-state index < -0.39 is 19.8 Å². The fraction of sp³-hybridized carbons (Fsp3) is 0.667. The normalized spacial score (nSPS) is 8.38. The summed E-state index contributed by atoms with van der Waals surface area (Å²) in [5, 5.41) is 0. The summed E-state index contributed by atoms with van der Waals surface area (Å²) in [5.41, 5.74) is 0. The molecule has 0 aliphatic heterocycles. The summed E-state index contributed by atoms with van der Waals surface area (Å²) < 4.78 is 5.09. The number of hydrogen-bond acceptors (Lipinski definition) is 0. The van der Waals surface area contributed by atoms with Crippen molar-refractivity contribution in [2.75, 3.05) is 0 Å². The largest absolute Gasteiger partial charge is 0.412 e. The molecule has 0 unspecified atom stereocenters. The summed E-state index contributed by atoms with van der Waals surface area (Å²) >= 11 is -0.889. The fourth-order valence-corrected chi connectivity index (χ4v) is 3.61. The molecule has 0 aliphatic rings. The van der Waals surface area contributed by atoms with E-state index in [4.69, 9.17) is 0 Å². The molecule has 0 spiro atoms. The van der Waals surface area contributed by atoms with Gasteiger partial charge < -0.3 is 5.48 Å². The Bertz CT molecular complexity index is 50.5. The van der Waals surface area contributed by atoms with Crippen LogP contribution in [0.2, 0.25) is 8.87 Å². The zero-order valence-electron chi connectivity index (χ0n) is 5.70. The summed E-state index contributed by atoms with van der Waals surface area (Å²) in [6.07, 6.45) is 0. The van der Waals surface area contributed by atoms with E-state index in [0.717, 1.165) is 0 Å². The van der Waals surface area contributed by atoms with Gasteiger partial charge in [0, 0.05) is 0 Å². The van der Waals surface area contributed by atoms with Gasteiger partial charge in [-0.3, -0.25) is 0 Å². The first-order valence-corrected chi connectivity index (χ1v) is 8.50. The Morgan fingerprint density at radius 3 is 1.75 bits per heavy atom. The molecule has 0 aromatic carbocycles. The van der Waals surface area contributed by atoms with E-state index in [1.54, 1.807) is 0 Å². The molecule has 0 saturated heterocycles. The zero-order valence-corrected chi connectivity index (χ0v) is 8.55. The molecule has 0 rings (SSSR count). The molecule has 0 atom stereocenters. The average Bonchev–Trinajstić information content (AvgIpc) is 1.72. The van der Waals surface area contributed by atoms with Gasteiger partial charge in [-0.05, 0) is 0 Å². The molecular weight excluding hydrogens is 207 g/mol. The molecule has 8 heavy (non-hydrogen) atoms. The molecule has 1 nitrogen and oxygen atoms in total. The average molecular weight is 222 g/mol. The molecule has 0 heterocycles. The van der Waals surface area contributed by atoms with Crippen molar-refractivity contribution in [2.24, 2.45) is 0 Å². The third-order valence-corrected chi connectivity index (χ3v) is 8.03. The Hall–Kier alpha value is 0.499. The molecule has 0 bridgehead atoms.